The molecular formula is C17H18N8O3. The van der Waals surface area contributed by atoms with Gasteiger partial charge in [-0.25, -0.2) is 0 Å². The van der Waals surface area contributed by atoms with Crippen molar-refractivity contribution in [1.29, 1.82) is 0 Å². The van der Waals surface area contributed by atoms with E-state index < -0.39 is 4.92 Å². The number of amides is 1. The summed E-state index contributed by atoms with van der Waals surface area (Å²) >= 11 is 0. The highest BCUT2D eigenvalue weighted by Crippen LogP contribution is 2.17. The zero-order valence-corrected chi connectivity index (χ0v) is 14.9. The Morgan fingerprint density at radius 2 is 2.00 bits per heavy atom. The lowest BCUT2D eigenvalue weighted by molar-refractivity contribution is -0.384. The highest BCUT2D eigenvalue weighted by atomic mass is 16.6. The van der Waals surface area contributed by atoms with E-state index in [0.717, 1.165) is 18.9 Å². The molecular weight excluding hydrogens is 364 g/mol. The third-order valence-electron chi connectivity index (χ3n) is 4.55. The topological polar surface area (TPSA) is 122 Å². The number of benzene rings is 1. The molecule has 11 nitrogen and oxygen atoms in total. The maximum atomic E-state index is 12.3. The lowest BCUT2D eigenvalue weighted by atomic mass is 10.2. The monoisotopic (exact) mass is 382 g/mol. The molecule has 0 aliphatic carbocycles. The van der Waals surface area contributed by atoms with Crippen molar-refractivity contribution in [3.05, 3.63) is 52.8 Å². The minimum atomic E-state index is -0.486. The van der Waals surface area contributed by atoms with Crippen LogP contribution in [0.15, 0.2) is 42.7 Å². The normalized spacial score (nSPS) is 14.9. The van der Waals surface area contributed by atoms with Crippen LogP contribution in [0, 0.1) is 10.1 Å². The minimum Gasteiger partial charge on any atom is -0.353 e. The van der Waals surface area contributed by atoms with Crippen LogP contribution >= 0.6 is 0 Å². The fraction of sp³-hybridized carbons (Fsp3) is 0.294. The molecule has 1 saturated heterocycles. The molecule has 4 rings (SSSR count). The van der Waals surface area contributed by atoms with Crippen LogP contribution in [-0.2, 0) is 4.79 Å². The molecule has 0 radical (unpaired) electrons. The Labute approximate surface area is 159 Å². The van der Waals surface area contributed by atoms with Crippen LogP contribution in [0.1, 0.15) is 0 Å². The standard InChI is InChI=1S/C17H18N8O3/c26-17(19-13-2-1-3-14(10-13)25(27)28)11-22-6-8-23(9-7-22)16-5-4-15-20-18-12-24(15)21-16/h1-5,10,12H,6-9,11H2,(H,19,26). The number of anilines is 2. The third-order valence-corrected chi connectivity index (χ3v) is 4.55. The summed E-state index contributed by atoms with van der Waals surface area (Å²) in [7, 11) is 0. The second-order valence-electron chi connectivity index (χ2n) is 6.44. The van der Waals surface area contributed by atoms with Crippen molar-refractivity contribution in [3.63, 3.8) is 0 Å². The molecule has 3 heterocycles. The molecule has 0 bridgehead atoms. The van der Waals surface area contributed by atoms with Crippen molar-refractivity contribution in [3.8, 4) is 0 Å². The molecule has 3 aromatic rings. The fourth-order valence-electron chi connectivity index (χ4n) is 3.12. The Balaban J connectivity index is 1.30. The van der Waals surface area contributed by atoms with Crippen molar-refractivity contribution in [2.75, 3.05) is 42.9 Å². The number of carbonyl (C=O) groups excluding carboxylic acids is 1. The van der Waals surface area contributed by atoms with Crippen molar-refractivity contribution in [2.24, 2.45) is 0 Å². The third kappa shape index (κ3) is 3.88. The summed E-state index contributed by atoms with van der Waals surface area (Å²) in [5.41, 5.74) is 1.06. The van der Waals surface area contributed by atoms with Crippen LogP contribution in [-0.4, -0.2) is 68.3 Å². The molecule has 0 atom stereocenters. The Hall–Kier alpha value is -3.60. The first-order valence-corrected chi connectivity index (χ1v) is 8.77. The molecule has 1 aliphatic heterocycles. The van der Waals surface area contributed by atoms with Gasteiger partial charge in [0.05, 0.1) is 11.5 Å². The van der Waals surface area contributed by atoms with E-state index in [-0.39, 0.29) is 18.1 Å². The number of fused-ring (bicyclic) bond motifs is 1. The van der Waals surface area contributed by atoms with E-state index in [1.165, 1.54) is 12.1 Å². The molecule has 28 heavy (non-hydrogen) atoms. The Bertz CT molecular complexity index is 1010. The number of non-ortho nitro benzene ring substituents is 1. The van der Waals surface area contributed by atoms with Gasteiger partial charge >= 0.3 is 0 Å². The van der Waals surface area contributed by atoms with E-state index in [0.29, 0.717) is 24.4 Å². The number of nitro groups is 1. The average Bonchev–Trinajstić information content (AvgIpc) is 3.16. The molecule has 1 aliphatic rings. The zero-order valence-electron chi connectivity index (χ0n) is 14.9. The largest absolute Gasteiger partial charge is 0.353 e. The first-order chi connectivity index (χ1) is 13.6. The number of piperazine rings is 1. The number of nitro benzene ring substituents is 1. The van der Waals surface area contributed by atoms with E-state index in [9.17, 15) is 14.9 Å². The fourth-order valence-corrected chi connectivity index (χ4v) is 3.12. The summed E-state index contributed by atoms with van der Waals surface area (Å²) in [6.45, 7) is 3.14. The molecule has 0 spiro atoms. The quantitative estimate of drug-likeness (QED) is 0.508. The summed E-state index contributed by atoms with van der Waals surface area (Å²) in [5, 5.41) is 25.8. The molecule has 1 fully saturated rings. The number of nitrogens with zero attached hydrogens (tertiary/aromatic N) is 7. The van der Waals surface area contributed by atoms with Crippen LogP contribution in [0.3, 0.4) is 0 Å². The van der Waals surface area contributed by atoms with Gasteiger partial charge in [-0.2, -0.15) is 4.52 Å². The first-order valence-electron chi connectivity index (χ1n) is 8.77. The van der Waals surface area contributed by atoms with E-state index in [4.69, 9.17) is 0 Å². The number of carbonyl (C=O) groups is 1. The van der Waals surface area contributed by atoms with Crippen molar-refractivity contribution in [1.82, 2.24) is 24.7 Å². The Kier molecular flexibility index (Phi) is 4.81. The first kappa shape index (κ1) is 17.8. The van der Waals surface area contributed by atoms with Crippen molar-refractivity contribution >= 4 is 28.7 Å². The number of hydrogen-bond donors (Lipinski definition) is 1. The maximum Gasteiger partial charge on any atom is 0.271 e. The molecule has 0 saturated carbocycles. The summed E-state index contributed by atoms with van der Waals surface area (Å²) in [6.07, 6.45) is 1.56. The van der Waals surface area contributed by atoms with Gasteiger partial charge in [0.25, 0.3) is 5.69 Å². The number of hydrogen-bond acceptors (Lipinski definition) is 8. The molecule has 11 heteroatoms. The van der Waals surface area contributed by atoms with Gasteiger partial charge in [-0.05, 0) is 18.2 Å². The molecule has 144 valence electrons. The summed E-state index contributed by atoms with van der Waals surface area (Å²) in [6, 6.07) is 9.70. The van der Waals surface area contributed by atoms with Gasteiger partial charge in [0, 0.05) is 44.0 Å². The highest BCUT2D eigenvalue weighted by molar-refractivity contribution is 5.92. The van der Waals surface area contributed by atoms with Gasteiger partial charge in [-0.15, -0.1) is 15.3 Å². The predicted octanol–water partition coefficient (Wildman–Crippen LogP) is 0.793. The maximum absolute atomic E-state index is 12.3. The van der Waals surface area contributed by atoms with Crippen LogP contribution in [0.4, 0.5) is 17.2 Å². The molecule has 2 aromatic heterocycles. The smallest absolute Gasteiger partial charge is 0.271 e. The molecule has 1 N–H and O–H groups in total. The second-order valence-corrected chi connectivity index (χ2v) is 6.44. The summed E-state index contributed by atoms with van der Waals surface area (Å²) in [5.74, 6) is 0.644. The van der Waals surface area contributed by atoms with Gasteiger partial charge in [0.1, 0.15) is 12.1 Å². The van der Waals surface area contributed by atoms with Gasteiger partial charge in [0.2, 0.25) is 5.91 Å². The van der Waals surface area contributed by atoms with Gasteiger partial charge < -0.3 is 10.2 Å². The zero-order chi connectivity index (χ0) is 19.5. The van der Waals surface area contributed by atoms with E-state index in [2.05, 4.69) is 25.5 Å². The number of nitrogens with one attached hydrogen (secondary N) is 1. The van der Waals surface area contributed by atoms with Gasteiger partial charge in [0.15, 0.2) is 5.65 Å². The molecule has 1 aromatic carbocycles. The summed E-state index contributed by atoms with van der Waals surface area (Å²) in [4.78, 5) is 26.8. The second kappa shape index (κ2) is 7.56. The van der Waals surface area contributed by atoms with Crippen LogP contribution in [0.2, 0.25) is 0 Å². The molecule has 1 amide bonds. The number of aromatic nitrogens is 4. The highest BCUT2D eigenvalue weighted by Gasteiger charge is 2.20. The lowest BCUT2D eigenvalue weighted by Crippen LogP contribution is -2.49. The number of rotatable bonds is 5. The van der Waals surface area contributed by atoms with Gasteiger partial charge in [-0.1, -0.05) is 6.07 Å². The molecule has 0 unspecified atom stereocenters. The van der Waals surface area contributed by atoms with E-state index >= 15 is 0 Å². The average molecular weight is 382 g/mol. The van der Waals surface area contributed by atoms with Crippen LogP contribution in [0.25, 0.3) is 5.65 Å². The van der Waals surface area contributed by atoms with Crippen LogP contribution in [0.5, 0.6) is 0 Å². The van der Waals surface area contributed by atoms with E-state index in [1.807, 2.05) is 17.0 Å². The van der Waals surface area contributed by atoms with Crippen molar-refractivity contribution in [2.45, 2.75) is 0 Å². The van der Waals surface area contributed by atoms with E-state index in [1.54, 1.807) is 23.0 Å². The Morgan fingerprint density at radius 1 is 1.18 bits per heavy atom. The summed E-state index contributed by atoms with van der Waals surface area (Å²) < 4.78 is 1.63. The van der Waals surface area contributed by atoms with Crippen molar-refractivity contribution < 1.29 is 9.72 Å². The van der Waals surface area contributed by atoms with Gasteiger partial charge in [-0.3, -0.25) is 19.8 Å². The lowest BCUT2D eigenvalue weighted by Gasteiger charge is -2.34. The predicted molar refractivity (Wildman–Crippen MR) is 101 cm³/mol. The minimum absolute atomic E-state index is 0.0519. The SMILES string of the molecule is O=C(CN1CCN(c2ccc3nncn3n2)CC1)Nc1cccc([N+](=O)[O-])c1. The van der Waals surface area contributed by atoms with Crippen LogP contribution < -0.4 is 10.2 Å². The Morgan fingerprint density at radius 3 is 2.79 bits per heavy atom.